The molecule has 3 heterocycles. The molecule has 1 unspecified atom stereocenters. The van der Waals surface area contributed by atoms with Crippen LogP contribution in [0.2, 0.25) is 0 Å². The highest BCUT2D eigenvalue weighted by Gasteiger charge is 2.54. The molecule has 2 aliphatic heterocycles. The Morgan fingerprint density at radius 1 is 0.950 bits per heavy atom. The van der Waals surface area contributed by atoms with Gasteiger partial charge in [-0.1, -0.05) is 24.3 Å². The summed E-state index contributed by atoms with van der Waals surface area (Å²) in [5.74, 6) is 0.285. The second-order valence-corrected chi connectivity index (χ2v) is 9.76. The molecule has 0 radical (unpaired) electrons. The second-order valence-electron chi connectivity index (χ2n) is 9.76. The van der Waals surface area contributed by atoms with Crippen LogP contribution in [0.3, 0.4) is 0 Å². The molecule has 1 aromatic heterocycles. The normalized spacial score (nSPS) is 17.9. The van der Waals surface area contributed by atoms with Crippen molar-refractivity contribution in [3.05, 3.63) is 89.7 Å². The van der Waals surface area contributed by atoms with Crippen LogP contribution in [-0.4, -0.2) is 78.2 Å². The van der Waals surface area contributed by atoms with Crippen molar-refractivity contribution in [3.8, 4) is 11.5 Å². The number of ether oxygens (including phenoxy) is 3. The summed E-state index contributed by atoms with van der Waals surface area (Å²) in [7, 11) is 3.07. The summed E-state index contributed by atoms with van der Waals surface area (Å²) in [6.45, 7) is 1.07. The van der Waals surface area contributed by atoms with E-state index in [0.717, 1.165) is 5.56 Å². The lowest BCUT2D eigenvalue weighted by molar-refractivity contribution is -0.128. The van der Waals surface area contributed by atoms with Gasteiger partial charge < -0.3 is 24.4 Å². The Bertz CT molecular complexity index is 1360. The Morgan fingerprint density at radius 2 is 1.70 bits per heavy atom. The average Bonchev–Trinajstić information content (AvgIpc) is 3.38. The fourth-order valence-electron chi connectivity index (χ4n) is 5.31. The maximum atomic E-state index is 13.8. The van der Waals surface area contributed by atoms with Gasteiger partial charge in [-0.05, 0) is 42.0 Å². The largest absolute Gasteiger partial charge is 0.493 e. The first-order valence-corrected chi connectivity index (χ1v) is 13.2. The first kappa shape index (κ1) is 27.1. The summed E-state index contributed by atoms with van der Waals surface area (Å²) in [6.07, 6.45) is 4.10. The third-order valence-corrected chi connectivity index (χ3v) is 7.45. The SMILES string of the molecule is COc1ccc(C(=O)N2CCC3(CC2)OCC(C(=O)NCc2cccnc2)N3C(=O)c2ccccc2)cc1OC. The molecule has 0 bridgehead atoms. The Labute approximate surface area is 232 Å². The summed E-state index contributed by atoms with van der Waals surface area (Å²) in [6, 6.07) is 16.8. The lowest BCUT2D eigenvalue weighted by atomic mass is 9.96. The molecule has 40 heavy (non-hydrogen) atoms. The van der Waals surface area contributed by atoms with Crippen LogP contribution in [-0.2, 0) is 16.1 Å². The molecule has 208 valence electrons. The molecule has 5 rings (SSSR count). The number of rotatable bonds is 7. The molecule has 1 spiro atoms. The predicted octanol–water partition coefficient (Wildman–Crippen LogP) is 2.89. The van der Waals surface area contributed by atoms with Crippen molar-refractivity contribution >= 4 is 17.7 Å². The monoisotopic (exact) mass is 544 g/mol. The molecule has 0 saturated carbocycles. The summed E-state index contributed by atoms with van der Waals surface area (Å²) in [5, 5.41) is 2.93. The fraction of sp³-hybridized carbons (Fsp3) is 0.333. The van der Waals surface area contributed by atoms with Gasteiger partial charge in [-0.3, -0.25) is 24.3 Å². The van der Waals surface area contributed by atoms with Crippen LogP contribution in [0.15, 0.2) is 73.1 Å². The quantitative estimate of drug-likeness (QED) is 0.487. The number of aromatic nitrogens is 1. The van der Waals surface area contributed by atoms with Crippen LogP contribution >= 0.6 is 0 Å². The molecule has 2 aliphatic rings. The van der Waals surface area contributed by atoms with E-state index in [1.54, 1.807) is 77.8 Å². The third kappa shape index (κ3) is 5.35. The van der Waals surface area contributed by atoms with Gasteiger partial charge in [-0.15, -0.1) is 0 Å². The maximum absolute atomic E-state index is 13.8. The van der Waals surface area contributed by atoms with Gasteiger partial charge >= 0.3 is 0 Å². The zero-order chi connectivity index (χ0) is 28.1. The highest BCUT2D eigenvalue weighted by molar-refractivity contribution is 5.98. The van der Waals surface area contributed by atoms with Gasteiger partial charge in [0.15, 0.2) is 11.5 Å². The van der Waals surface area contributed by atoms with E-state index in [1.165, 1.54) is 7.11 Å². The molecule has 2 saturated heterocycles. The van der Waals surface area contributed by atoms with E-state index in [2.05, 4.69) is 10.3 Å². The molecule has 0 aliphatic carbocycles. The number of hydrogen-bond acceptors (Lipinski definition) is 7. The molecular formula is C30H32N4O6. The van der Waals surface area contributed by atoms with E-state index in [4.69, 9.17) is 14.2 Å². The number of likely N-dealkylation sites (tertiary alicyclic amines) is 1. The van der Waals surface area contributed by atoms with E-state index in [9.17, 15) is 14.4 Å². The van der Waals surface area contributed by atoms with Crippen molar-refractivity contribution in [2.75, 3.05) is 33.9 Å². The highest BCUT2D eigenvalue weighted by Crippen LogP contribution is 2.39. The number of nitrogens with zero attached hydrogens (tertiary/aromatic N) is 3. The number of pyridine rings is 1. The summed E-state index contributed by atoms with van der Waals surface area (Å²) < 4.78 is 16.9. The van der Waals surface area contributed by atoms with Gasteiger partial charge in [0.25, 0.3) is 11.8 Å². The van der Waals surface area contributed by atoms with Gasteiger partial charge in [0.05, 0.1) is 20.8 Å². The maximum Gasteiger partial charge on any atom is 0.256 e. The van der Waals surface area contributed by atoms with E-state index in [-0.39, 0.29) is 30.9 Å². The molecular weight excluding hydrogens is 512 g/mol. The van der Waals surface area contributed by atoms with Gasteiger partial charge in [0, 0.05) is 56.0 Å². The lowest BCUT2D eigenvalue weighted by Gasteiger charge is -2.44. The van der Waals surface area contributed by atoms with Crippen LogP contribution in [0.1, 0.15) is 39.1 Å². The van der Waals surface area contributed by atoms with Crippen molar-refractivity contribution < 1.29 is 28.6 Å². The predicted molar refractivity (Wildman–Crippen MR) is 146 cm³/mol. The highest BCUT2D eigenvalue weighted by atomic mass is 16.5. The fourth-order valence-corrected chi connectivity index (χ4v) is 5.31. The minimum Gasteiger partial charge on any atom is -0.493 e. The summed E-state index contributed by atoms with van der Waals surface area (Å²) >= 11 is 0. The Kier molecular flexibility index (Phi) is 7.97. The van der Waals surface area contributed by atoms with Crippen LogP contribution in [0.4, 0.5) is 0 Å². The molecule has 10 heteroatoms. The number of hydrogen-bond donors (Lipinski definition) is 1. The minimum atomic E-state index is -1.00. The van der Waals surface area contributed by atoms with E-state index in [1.807, 2.05) is 12.1 Å². The van der Waals surface area contributed by atoms with Crippen molar-refractivity contribution in [1.82, 2.24) is 20.1 Å². The van der Waals surface area contributed by atoms with Gasteiger partial charge in [-0.25, -0.2) is 0 Å². The third-order valence-electron chi connectivity index (χ3n) is 7.45. The standard InChI is InChI=1S/C30H32N4O6/c1-38-25-11-10-23(17-26(25)39-2)28(36)33-15-12-30(13-16-33)34(29(37)22-8-4-3-5-9-22)24(20-40-30)27(35)32-19-21-7-6-14-31-18-21/h3-11,14,17-18,24H,12-13,15-16,19-20H2,1-2H3,(H,32,35). The lowest BCUT2D eigenvalue weighted by Crippen LogP contribution is -2.59. The Hall–Kier alpha value is -4.44. The van der Waals surface area contributed by atoms with Crippen LogP contribution < -0.4 is 14.8 Å². The van der Waals surface area contributed by atoms with Crippen LogP contribution in [0.25, 0.3) is 0 Å². The number of benzene rings is 2. The zero-order valence-corrected chi connectivity index (χ0v) is 22.5. The van der Waals surface area contributed by atoms with Gasteiger partial charge in [-0.2, -0.15) is 0 Å². The molecule has 2 fully saturated rings. The zero-order valence-electron chi connectivity index (χ0n) is 22.5. The molecule has 3 aromatic rings. The first-order chi connectivity index (χ1) is 19.5. The average molecular weight is 545 g/mol. The molecule has 1 N–H and O–H groups in total. The van der Waals surface area contributed by atoms with E-state index in [0.29, 0.717) is 48.6 Å². The Balaban J connectivity index is 1.34. The number of nitrogens with one attached hydrogen (secondary N) is 1. The molecule has 3 amide bonds. The minimum absolute atomic E-state index is 0.0705. The van der Waals surface area contributed by atoms with Crippen molar-refractivity contribution in [2.45, 2.75) is 31.2 Å². The topological polar surface area (TPSA) is 110 Å². The summed E-state index contributed by atoms with van der Waals surface area (Å²) in [4.78, 5) is 47.9. The molecule has 2 aromatic carbocycles. The van der Waals surface area contributed by atoms with Crippen molar-refractivity contribution in [1.29, 1.82) is 0 Å². The first-order valence-electron chi connectivity index (χ1n) is 13.2. The van der Waals surface area contributed by atoms with Crippen LogP contribution in [0.5, 0.6) is 11.5 Å². The second kappa shape index (κ2) is 11.7. The Morgan fingerprint density at radius 3 is 2.38 bits per heavy atom. The van der Waals surface area contributed by atoms with Gasteiger partial charge in [0.2, 0.25) is 5.91 Å². The van der Waals surface area contributed by atoms with E-state index < -0.39 is 11.8 Å². The smallest absolute Gasteiger partial charge is 0.256 e. The molecule has 1 atom stereocenters. The van der Waals surface area contributed by atoms with Gasteiger partial charge in [0.1, 0.15) is 11.8 Å². The molecule has 10 nitrogen and oxygen atoms in total. The van der Waals surface area contributed by atoms with Crippen LogP contribution in [0, 0.1) is 0 Å². The number of amides is 3. The van der Waals surface area contributed by atoms with Crippen molar-refractivity contribution in [3.63, 3.8) is 0 Å². The number of carbonyl (C=O) groups excluding carboxylic acids is 3. The van der Waals surface area contributed by atoms with E-state index >= 15 is 0 Å². The number of piperidine rings is 1. The number of methoxy groups -OCH3 is 2. The number of carbonyl (C=O) groups is 3. The van der Waals surface area contributed by atoms with Crippen molar-refractivity contribution in [2.24, 2.45) is 0 Å². The summed E-state index contributed by atoms with van der Waals surface area (Å²) in [5.41, 5.74) is 0.803.